The van der Waals surface area contributed by atoms with Gasteiger partial charge in [0.25, 0.3) is 0 Å². The van der Waals surface area contributed by atoms with Gasteiger partial charge in [-0.15, -0.1) is 11.3 Å². The predicted octanol–water partition coefficient (Wildman–Crippen LogP) is 4.07. The highest BCUT2D eigenvalue weighted by atomic mass is 32.1. The van der Waals surface area contributed by atoms with Gasteiger partial charge in [0.15, 0.2) is 0 Å². The number of anilines is 1. The second-order valence-corrected chi connectivity index (χ2v) is 7.29. The average molecular weight is 372 g/mol. The minimum Gasteiger partial charge on any atom is -0.369 e. The van der Waals surface area contributed by atoms with Gasteiger partial charge in [-0.1, -0.05) is 26.0 Å². The number of carbonyl (C=O) groups is 1. The first-order chi connectivity index (χ1) is 12.5. The number of fused-ring (bicyclic) bond motifs is 1. The molecule has 0 saturated heterocycles. The van der Waals surface area contributed by atoms with E-state index < -0.39 is 0 Å². The van der Waals surface area contributed by atoms with E-state index in [2.05, 4.69) is 34.4 Å². The Bertz CT molecular complexity index is 892. The minimum atomic E-state index is -0.268. The molecule has 0 spiro atoms. The number of thiophene rings is 1. The van der Waals surface area contributed by atoms with Crippen LogP contribution < -0.4 is 10.6 Å². The molecule has 7 heteroatoms. The third-order valence-corrected chi connectivity index (χ3v) is 4.76. The van der Waals surface area contributed by atoms with E-state index in [0.717, 1.165) is 21.3 Å². The summed E-state index contributed by atoms with van der Waals surface area (Å²) in [4.78, 5) is 21.4. The number of rotatable bonds is 7. The van der Waals surface area contributed by atoms with Crippen molar-refractivity contribution in [1.29, 1.82) is 0 Å². The zero-order valence-electron chi connectivity index (χ0n) is 14.8. The van der Waals surface area contributed by atoms with Gasteiger partial charge in [-0.25, -0.2) is 14.4 Å². The lowest BCUT2D eigenvalue weighted by Crippen LogP contribution is -2.28. The molecule has 0 bridgehead atoms. The standard InChI is InChI=1S/C19H21FN4OS/c1-12(2)9-22-16(25)7-8-21-18-17-15(10-26-19(17)24-11-23-18)13-3-5-14(20)6-4-13/h3-6,10-12H,7-9H2,1-2H3,(H,22,25)(H,21,23,24). The lowest BCUT2D eigenvalue weighted by molar-refractivity contribution is -0.120. The van der Waals surface area contributed by atoms with Crippen molar-refractivity contribution < 1.29 is 9.18 Å². The van der Waals surface area contributed by atoms with Crippen LogP contribution in [0.3, 0.4) is 0 Å². The van der Waals surface area contributed by atoms with Crippen LogP contribution in [0.4, 0.5) is 10.2 Å². The number of carbonyl (C=O) groups excluding carboxylic acids is 1. The van der Waals surface area contributed by atoms with Gasteiger partial charge in [0.2, 0.25) is 5.91 Å². The summed E-state index contributed by atoms with van der Waals surface area (Å²) in [6.07, 6.45) is 1.88. The summed E-state index contributed by atoms with van der Waals surface area (Å²) in [5.41, 5.74) is 1.86. The van der Waals surface area contributed by atoms with Crippen LogP contribution in [0, 0.1) is 11.7 Å². The van der Waals surface area contributed by atoms with Crippen LogP contribution in [0.15, 0.2) is 36.0 Å². The van der Waals surface area contributed by atoms with Crippen LogP contribution in [0.5, 0.6) is 0 Å². The number of hydrogen-bond acceptors (Lipinski definition) is 5. The molecule has 0 radical (unpaired) electrons. The van der Waals surface area contributed by atoms with Crippen LogP contribution in [0.25, 0.3) is 21.3 Å². The van der Waals surface area contributed by atoms with Gasteiger partial charge in [-0.05, 0) is 23.6 Å². The maximum atomic E-state index is 13.2. The summed E-state index contributed by atoms with van der Waals surface area (Å²) in [5.74, 6) is 0.862. The largest absolute Gasteiger partial charge is 0.369 e. The molecule has 3 rings (SSSR count). The summed E-state index contributed by atoms with van der Waals surface area (Å²) < 4.78 is 13.2. The molecule has 0 fully saturated rings. The number of hydrogen-bond donors (Lipinski definition) is 2. The number of halogens is 1. The lowest BCUT2D eigenvalue weighted by Gasteiger charge is -2.10. The van der Waals surface area contributed by atoms with Gasteiger partial charge < -0.3 is 10.6 Å². The van der Waals surface area contributed by atoms with Crippen molar-refractivity contribution in [2.45, 2.75) is 20.3 Å². The number of nitrogens with one attached hydrogen (secondary N) is 2. The highest BCUT2D eigenvalue weighted by Gasteiger charge is 2.13. The minimum absolute atomic E-state index is 0.0144. The maximum absolute atomic E-state index is 13.2. The number of nitrogens with zero attached hydrogens (tertiary/aromatic N) is 2. The zero-order valence-corrected chi connectivity index (χ0v) is 15.6. The Balaban J connectivity index is 1.75. The van der Waals surface area contributed by atoms with E-state index in [-0.39, 0.29) is 11.7 Å². The zero-order chi connectivity index (χ0) is 18.5. The van der Waals surface area contributed by atoms with Gasteiger partial charge >= 0.3 is 0 Å². The molecule has 0 saturated carbocycles. The van der Waals surface area contributed by atoms with Crippen molar-refractivity contribution in [3.63, 3.8) is 0 Å². The summed E-state index contributed by atoms with van der Waals surface area (Å²) in [6.45, 7) is 5.28. The first-order valence-electron chi connectivity index (χ1n) is 8.53. The normalized spacial score (nSPS) is 11.1. The van der Waals surface area contributed by atoms with Crippen molar-refractivity contribution in [3.05, 3.63) is 41.8 Å². The quantitative estimate of drug-likeness (QED) is 0.656. The summed E-state index contributed by atoms with van der Waals surface area (Å²) in [5, 5.41) is 9.02. The molecular formula is C19H21FN4OS. The third kappa shape index (κ3) is 4.35. The average Bonchev–Trinajstić information content (AvgIpc) is 3.05. The van der Waals surface area contributed by atoms with E-state index in [9.17, 15) is 9.18 Å². The highest BCUT2D eigenvalue weighted by molar-refractivity contribution is 7.17. The van der Waals surface area contributed by atoms with E-state index >= 15 is 0 Å². The SMILES string of the molecule is CC(C)CNC(=O)CCNc1ncnc2scc(-c3ccc(F)cc3)c12. The topological polar surface area (TPSA) is 66.9 Å². The smallest absolute Gasteiger partial charge is 0.221 e. The first kappa shape index (κ1) is 18.3. The third-order valence-electron chi connectivity index (χ3n) is 3.88. The molecule has 0 atom stereocenters. The summed E-state index contributed by atoms with van der Waals surface area (Å²) in [7, 11) is 0. The number of benzene rings is 1. The van der Waals surface area contributed by atoms with Crippen LogP contribution in [0.1, 0.15) is 20.3 Å². The van der Waals surface area contributed by atoms with E-state index in [1.807, 2.05) is 5.38 Å². The Kier molecular flexibility index (Phi) is 5.78. The molecule has 0 aliphatic carbocycles. The van der Waals surface area contributed by atoms with Crippen molar-refractivity contribution in [3.8, 4) is 11.1 Å². The summed E-state index contributed by atoms with van der Waals surface area (Å²) in [6, 6.07) is 6.36. The van der Waals surface area contributed by atoms with E-state index in [1.165, 1.54) is 29.8 Å². The number of amides is 1. The van der Waals surface area contributed by atoms with Gasteiger partial charge in [0.05, 0.1) is 5.39 Å². The lowest BCUT2D eigenvalue weighted by atomic mass is 10.1. The monoisotopic (exact) mass is 372 g/mol. The van der Waals surface area contributed by atoms with Crippen LogP contribution >= 0.6 is 11.3 Å². The van der Waals surface area contributed by atoms with Crippen molar-refractivity contribution in [2.24, 2.45) is 5.92 Å². The Morgan fingerprint density at radius 3 is 2.73 bits per heavy atom. The molecule has 2 aromatic heterocycles. The fourth-order valence-electron chi connectivity index (χ4n) is 2.55. The second-order valence-electron chi connectivity index (χ2n) is 6.43. The molecule has 2 heterocycles. The molecule has 136 valence electrons. The van der Waals surface area contributed by atoms with E-state index in [0.29, 0.717) is 31.2 Å². The summed E-state index contributed by atoms with van der Waals surface area (Å²) >= 11 is 1.51. The molecule has 3 aromatic rings. The molecule has 26 heavy (non-hydrogen) atoms. The Hall–Kier alpha value is -2.54. The van der Waals surface area contributed by atoms with Crippen molar-refractivity contribution in [1.82, 2.24) is 15.3 Å². The molecule has 2 N–H and O–H groups in total. The number of aromatic nitrogens is 2. The van der Waals surface area contributed by atoms with Gasteiger partial charge in [0, 0.05) is 30.5 Å². The fourth-order valence-corrected chi connectivity index (χ4v) is 3.47. The van der Waals surface area contributed by atoms with Crippen molar-refractivity contribution in [2.75, 3.05) is 18.4 Å². The molecular weight excluding hydrogens is 351 g/mol. The first-order valence-corrected chi connectivity index (χ1v) is 9.41. The van der Waals surface area contributed by atoms with Crippen LogP contribution in [-0.2, 0) is 4.79 Å². The van der Waals surface area contributed by atoms with Crippen LogP contribution in [0.2, 0.25) is 0 Å². The van der Waals surface area contributed by atoms with Gasteiger partial charge in [0.1, 0.15) is 22.8 Å². The molecule has 5 nitrogen and oxygen atoms in total. The molecule has 1 aromatic carbocycles. The fraction of sp³-hybridized carbons (Fsp3) is 0.316. The Morgan fingerprint density at radius 1 is 1.23 bits per heavy atom. The van der Waals surface area contributed by atoms with E-state index in [4.69, 9.17) is 0 Å². The Morgan fingerprint density at radius 2 is 2.00 bits per heavy atom. The maximum Gasteiger partial charge on any atom is 0.221 e. The highest BCUT2D eigenvalue weighted by Crippen LogP contribution is 2.36. The molecule has 0 aliphatic rings. The molecule has 1 amide bonds. The second kappa shape index (κ2) is 8.23. The van der Waals surface area contributed by atoms with E-state index in [1.54, 1.807) is 12.1 Å². The van der Waals surface area contributed by atoms with Crippen LogP contribution in [-0.4, -0.2) is 29.0 Å². The molecule has 0 unspecified atom stereocenters. The predicted molar refractivity (Wildman–Crippen MR) is 104 cm³/mol. The molecule has 0 aliphatic heterocycles. The van der Waals surface area contributed by atoms with Gasteiger partial charge in [-0.2, -0.15) is 0 Å². The van der Waals surface area contributed by atoms with Crippen molar-refractivity contribution >= 4 is 33.3 Å². The Labute approximate surface area is 155 Å². The van der Waals surface area contributed by atoms with Gasteiger partial charge in [-0.3, -0.25) is 4.79 Å².